The topological polar surface area (TPSA) is 80.0 Å². The van der Waals surface area contributed by atoms with Crippen LogP contribution in [0, 0.1) is 0 Å². The zero-order chi connectivity index (χ0) is 20.1. The fourth-order valence-corrected chi connectivity index (χ4v) is 3.66. The van der Waals surface area contributed by atoms with Crippen LogP contribution in [0.1, 0.15) is 16.0 Å². The van der Waals surface area contributed by atoms with Crippen LogP contribution >= 0.6 is 11.3 Å². The van der Waals surface area contributed by atoms with Crippen LogP contribution in [0.4, 0.5) is 13.2 Å². The van der Waals surface area contributed by atoms with Crippen LogP contribution in [0.2, 0.25) is 0 Å². The molecule has 150 valence electrons. The number of nitrogens with one attached hydrogen (secondary N) is 1. The Morgan fingerprint density at radius 1 is 1.29 bits per heavy atom. The van der Waals surface area contributed by atoms with Gasteiger partial charge in [0.1, 0.15) is 5.75 Å². The lowest BCUT2D eigenvalue weighted by Gasteiger charge is -2.27. The number of thiophene rings is 1. The minimum Gasteiger partial charge on any atom is -0.406 e. The van der Waals surface area contributed by atoms with Gasteiger partial charge in [0.25, 0.3) is 0 Å². The van der Waals surface area contributed by atoms with E-state index in [0.29, 0.717) is 18.7 Å². The molecule has 0 atom stereocenters. The molecule has 1 aromatic carbocycles. The number of aliphatic imine (C=N–C) groups is 1. The van der Waals surface area contributed by atoms with Crippen molar-refractivity contribution in [2.45, 2.75) is 25.9 Å². The van der Waals surface area contributed by atoms with E-state index in [9.17, 15) is 18.0 Å². The fraction of sp³-hybridized carbons (Fsp3) is 0.333. The Morgan fingerprint density at radius 2 is 2.04 bits per heavy atom. The first-order valence-corrected chi connectivity index (χ1v) is 9.39. The predicted octanol–water partition coefficient (Wildman–Crippen LogP) is 2.64. The van der Waals surface area contributed by atoms with E-state index in [4.69, 9.17) is 5.73 Å². The molecule has 1 aliphatic rings. The summed E-state index contributed by atoms with van der Waals surface area (Å²) >= 11 is 1.71. The minimum atomic E-state index is -4.72. The molecule has 1 aromatic heterocycles. The number of carbonyl (C=O) groups excluding carboxylic acids is 1. The number of alkyl halides is 3. The van der Waals surface area contributed by atoms with Gasteiger partial charge < -0.3 is 20.7 Å². The lowest BCUT2D eigenvalue weighted by molar-refractivity contribution is -0.274. The molecule has 0 saturated carbocycles. The number of guanidine groups is 1. The Bertz CT molecular complexity index is 849. The van der Waals surface area contributed by atoms with E-state index in [1.165, 1.54) is 34.7 Å². The van der Waals surface area contributed by atoms with E-state index >= 15 is 0 Å². The quantitative estimate of drug-likeness (QED) is 0.585. The molecule has 3 N–H and O–H groups in total. The molecule has 0 unspecified atom stereocenters. The number of rotatable bonds is 5. The lowest BCUT2D eigenvalue weighted by Crippen LogP contribution is -2.44. The van der Waals surface area contributed by atoms with Gasteiger partial charge >= 0.3 is 6.36 Å². The van der Waals surface area contributed by atoms with Crippen molar-refractivity contribution in [2.24, 2.45) is 10.7 Å². The third-order valence-electron chi connectivity index (χ3n) is 4.17. The Labute approximate surface area is 163 Å². The van der Waals surface area contributed by atoms with Crippen molar-refractivity contribution in [3.63, 3.8) is 0 Å². The van der Waals surface area contributed by atoms with Gasteiger partial charge in [-0.05, 0) is 41.1 Å². The second-order valence-electron chi connectivity index (χ2n) is 6.18. The number of benzene rings is 1. The van der Waals surface area contributed by atoms with Gasteiger partial charge in [0.15, 0.2) is 5.96 Å². The van der Waals surface area contributed by atoms with Gasteiger partial charge in [-0.2, -0.15) is 0 Å². The summed E-state index contributed by atoms with van der Waals surface area (Å²) in [6.07, 6.45) is -3.86. The lowest BCUT2D eigenvalue weighted by atomic mass is 10.1. The highest BCUT2D eigenvalue weighted by Crippen LogP contribution is 2.24. The average molecular weight is 412 g/mol. The van der Waals surface area contributed by atoms with Crippen molar-refractivity contribution in [2.75, 3.05) is 13.1 Å². The number of hydrogen-bond acceptors (Lipinski definition) is 4. The molecule has 0 bridgehead atoms. The van der Waals surface area contributed by atoms with E-state index in [1.54, 1.807) is 16.2 Å². The molecule has 6 nitrogen and oxygen atoms in total. The molecule has 10 heteroatoms. The highest BCUT2D eigenvalue weighted by molar-refractivity contribution is 7.10. The van der Waals surface area contributed by atoms with Crippen molar-refractivity contribution < 1.29 is 22.7 Å². The molecule has 1 aliphatic heterocycles. The van der Waals surface area contributed by atoms with Crippen LogP contribution in [-0.4, -0.2) is 36.2 Å². The predicted molar refractivity (Wildman–Crippen MR) is 99.9 cm³/mol. The van der Waals surface area contributed by atoms with Crippen LogP contribution in [-0.2, 0) is 24.3 Å². The summed E-state index contributed by atoms with van der Waals surface area (Å²) in [5, 5.41) is 4.81. The van der Waals surface area contributed by atoms with Crippen molar-refractivity contribution in [3.05, 3.63) is 51.7 Å². The molecule has 0 saturated heterocycles. The summed E-state index contributed by atoms with van der Waals surface area (Å²) < 4.78 is 40.2. The fourth-order valence-electron chi connectivity index (χ4n) is 2.77. The number of amides is 1. The average Bonchev–Trinajstić information content (AvgIpc) is 3.12. The van der Waals surface area contributed by atoms with Gasteiger partial charge in [0, 0.05) is 18.0 Å². The number of nitrogens with two attached hydrogens (primary N) is 1. The molecule has 1 amide bonds. The summed E-state index contributed by atoms with van der Waals surface area (Å²) in [6.45, 7) is 1.48. The van der Waals surface area contributed by atoms with E-state index in [1.807, 2.05) is 11.4 Å². The monoisotopic (exact) mass is 412 g/mol. The molecular formula is C18H19F3N4O2S. The first-order valence-electron chi connectivity index (χ1n) is 8.51. The number of halogens is 3. The molecule has 2 aromatic rings. The van der Waals surface area contributed by atoms with Crippen molar-refractivity contribution in [3.8, 4) is 5.75 Å². The number of hydrogen-bond donors (Lipinski definition) is 2. The van der Waals surface area contributed by atoms with Gasteiger partial charge in [-0.15, -0.1) is 24.5 Å². The highest BCUT2D eigenvalue weighted by atomic mass is 32.1. The summed E-state index contributed by atoms with van der Waals surface area (Å²) in [6, 6.07) is 7.39. The summed E-state index contributed by atoms with van der Waals surface area (Å²) in [7, 11) is 0. The van der Waals surface area contributed by atoms with Crippen LogP contribution in [0.15, 0.2) is 40.7 Å². The number of nitrogens with zero attached hydrogens (tertiary/aromatic N) is 2. The first kappa shape index (κ1) is 20.0. The molecule has 2 heterocycles. The van der Waals surface area contributed by atoms with Gasteiger partial charge in [-0.3, -0.25) is 4.79 Å². The van der Waals surface area contributed by atoms with Crippen LogP contribution in [0.25, 0.3) is 0 Å². The maximum Gasteiger partial charge on any atom is 0.573 e. The smallest absolute Gasteiger partial charge is 0.406 e. The van der Waals surface area contributed by atoms with Gasteiger partial charge in [0.05, 0.1) is 13.1 Å². The second-order valence-corrected chi connectivity index (χ2v) is 7.18. The third kappa shape index (κ3) is 5.62. The maximum absolute atomic E-state index is 12.3. The van der Waals surface area contributed by atoms with E-state index in [0.717, 1.165) is 6.42 Å². The molecule has 28 heavy (non-hydrogen) atoms. The second kappa shape index (κ2) is 8.51. The van der Waals surface area contributed by atoms with Crippen LogP contribution < -0.4 is 15.8 Å². The maximum atomic E-state index is 12.3. The van der Waals surface area contributed by atoms with Crippen molar-refractivity contribution >= 4 is 23.2 Å². The van der Waals surface area contributed by atoms with Gasteiger partial charge in [-0.1, -0.05) is 12.1 Å². The Kier molecular flexibility index (Phi) is 6.08. The molecule has 0 aliphatic carbocycles. The molecule has 3 rings (SSSR count). The standard InChI is InChI=1S/C18H19F3N4O2S/c19-18(20,21)27-14-3-1-12(2-4-14)9-23-17(22)24-10-16(26)25-7-5-15-13(11-25)6-8-28-15/h1-4,6,8H,5,7,9-11H2,(H3,22,23,24). The zero-order valence-electron chi connectivity index (χ0n) is 14.8. The Morgan fingerprint density at radius 3 is 2.75 bits per heavy atom. The van der Waals surface area contributed by atoms with Crippen LogP contribution in [0.5, 0.6) is 5.75 Å². The van der Waals surface area contributed by atoms with Crippen LogP contribution in [0.3, 0.4) is 0 Å². The number of carbonyl (C=O) groups is 1. The molecule has 0 fully saturated rings. The van der Waals surface area contributed by atoms with Gasteiger partial charge in [0.2, 0.25) is 5.91 Å². The number of ether oxygens (including phenoxy) is 1. The van der Waals surface area contributed by atoms with Crippen molar-refractivity contribution in [1.82, 2.24) is 10.2 Å². The summed E-state index contributed by atoms with van der Waals surface area (Å²) in [5.74, 6) is -0.270. The molecular weight excluding hydrogens is 393 g/mol. The largest absolute Gasteiger partial charge is 0.573 e. The Balaban J connectivity index is 1.45. The summed E-state index contributed by atoms with van der Waals surface area (Å²) in [5.41, 5.74) is 7.61. The summed E-state index contributed by atoms with van der Waals surface area (Å²) in [4.78, 5) is 19.5. The van der Waals surface area contributed by atoms with Gasteiger partial charge in [-0.25, -0.2) is 4.99 Å². The Hall–Kier alpha value is -2.75. The zero-order valence-corrected chi connectivity index (χ0v) is 15.6. The third-order valence-corrected chi connectivity index (χ3v) is 5.19. The SMILES string of the molecule is NC(=NCc1ccc(OC(F)(F)F)cc1)NCC(=O)N1CCc2sccc2C1. The molecule has 0 radical (unpaired) electrons. The van der Waals surface area contributed by atoms with E-state index in [-0.39, 0.29) is 30.7 Å². The van der Waals surface area contributed by atoms with Crippen molar-refractivity contribution in [1.29, 1.82) is 0 Å². The normalized spacial score (nSPS) is 14.5. The number of fused-ring (bicyclic) bond motifs is 1. The molecule has 0 spiro atoms. The highest BCUT2D eigenvalue weighted by Gasteiger charge is 2.30. The minimum absolute atomic E-state index is 0.0349. The van der Waals surface area contributed by atoms with E-state index < -0.39 is 6.36 Å². The first-order chi connectivity index (χ1) is 13.3. The van der Waals surface area contributed by atoms with E-state index in [2.05, 4.69) is 15.0 Å².